The van der Waals surface area contributed by atoms with Crippen molar-refractivity contribution in [3.63, 3.8) is 0 Å². The summed E-state index contributed by atoms with van der Waals surface area (Å²) < 4.78 is 1.87. The van der Waals surface area contributed by atoms with Crippen LogP contribution in [-0.2, 0) is 0 Å². The molecule has 2 aromatic rings. The first-order valence-electron chi connectivity index (χ1n) is 10.2. The van der Waals surface area contributed by atoms with Gasteiger partial charge in [-0.15, -0.1) is 5.10 Å². The topological polar surface area (TPSA) is 101 Å². The van der Waals surface area contributed by atoms with Crippen LogP contribution in [0.5, 0.6) is 0 Å². The highest BCUT2D eigenvalue weighted by molar-refractivity contribution is 6.04. The molecule has 156 valence electrons. The Balaban J connectivity index is 1.69. The zero-order chi connectivity index (χ0) is 21.0. The van der Waals surface area contributed by atoms with E-state index in [0.29, 0.717) is 29.4 Å². The molecule has 1 saturated heterocycles. The molecule has 0 aliphatic carbocycles. The Bertz CT molecular complexity index is 883. The minimum Gasteiger partial charge on any atom is -0.352 e. The normalized spacial score (nSPS) is 14.8. The van der Waals surface area contributed by atoms with Crippen molar-refractivity contribution >= 4 is 17.5 Å². The summed E-state index contributed by atoms with van der Waals surface area (Å²) in [4.78, 5) is 25.0. The van der Waals surface area contributed by atoms with E-state index in [-0.39, 0.29) is 17.9 Å². The van der Waals surface area contributed by atoms with Crippen molar-refractivity contribution < 1.29 is 9.59 Å². The number of aromatic nitrogens is 3. The Morgan fingerprint density at radius 2 is 1.93 bits per heavy atom. The third-order valence-electron chi connectivity index (χ3n) is 5.20. The van der Waals surface area contributed by atoms with E-state index >= 15 is 0 Å². The minimum atomic E-state index is -0.289. The van der Waals surface area contributed by atoms with E-state index in [1.807, 2.05) is 32.4 Å². The summed E-state index contributed by atoms with van der Waals surface area (Å²) in [6.45, 7) is 10.4. The first-order valence-corrected chi connectivity index (χ1v) is 10.2. The number of rotatable bonds is 6. The lowest BCUT2D eigenvalue weighted by Gasteiger charge is -2.23. The Morgan fingerprint density at radius 1 is 1.21 bits per heavy atom. The molecule has 8 heteroatoms. The van der Waals surface area contributed by atoms with Gasteiger partial charge in [0, 0.05) is 17.8 Å². The number of benzene rings is 1. The molecule has 29 heavy (non-hydrogen) atoms. The van der Waals surface area contributed by atoms with Gasteiger partial charge >= 0.3 is 0 Å². The summed E-state index contributed by atoms with van der Waals surface area (Å²) >= 11 is 0. The fourth-order valence-electron chi connectivity index (χ4n) is 3.47. The number of aryl methyl sites for hydroxylation is 1. The van der Waals surface area contributed by atoms with Gasteiger partial charge in [-0.25, -0.2) is 4.68 Å². The van der Waals surface area contributed by atoms with Gasteiger partial charge < -0.3 is 16.0 Å². The standard InChI is InChI=1S/C21H30N6O2/c1-13(2)12-23-20(28)16-5-6-18(14(3)11-16)24-21(29)19-15(4)27(26-25-19)17-7-9-22-10-8-17/h5-6,11,13,17,22H,7-10,12H2,1-4H3,(H,23,28)(H,24,29). The van der Waals surface area contributed by atoms with Crippen molar-refractivity contribution in [3.8, 4) is 0 Å². The van der Waals surface area contributed by atoms with Crippen LogP contribution >= 0.6 is 0 Å². The molecule has 0 atom stereocenters. The number of anilines is 1. The number of piperidine rings is 1. The van der Waals surface area contributed by atoms with Gasteiger partial charge in [0.05, 0.1) is 11.7 Å². The molecule has 0 saturated carbocycles. The fraction of sp³-hybridized carbons (Fsp3) is 0.524. The van der Waals surface area contributed by atoms with E-state index < -0.39 is 0 Å². The van der Waals surface area contributed by atoms with Crippen molar-refractivity contribution in [2.45, 2.75) is 46.6 Å². The maximum Gasteiger partial charge on any atom is 0.278 e. The summed E-state index contributed by atoms with van der Waals surface area (Å²) in [5.74, 6) is -0.0108. The van der Waals surface area contributed by atoms with Crippen molar-refractivity contribution in [1.29, 1.82) is 0 Å². The molecule has 1 aliphatic heterocycles. The second-order valence-electron chi connectivity index (χ2n) is 8.04. The Kier molecular flexibility index (Phi) is 6.64. The predicted octanol–water partition coefficient (Wildman–Crippen LogP) is 2.46. The van der Waals surface area contributed by atoms with Crippen LogP contribution in [0.4, 0.5) is 5.69 Å². The van der Waals surface area contributed by atoms with Crippen molar-refractivity contribution in [2.75, 3.05) is 25.0 Å². The number of amides is 2. The first-order chi connectivity index (χ1) is 13.9. The molecule has 1 fully saturated rings. The quantitative estimate of drug-likeness (QED) is 0.694. The van der Waals surface area contributed by atoms with Gasteiger partial charge in [-0.3, -0.25) is 9.59 Å². The Morgan fingerprint density at radius 3 is 2.59 bits per heavy atom. The van der Waals surface area contributed by atoms with Gasteiger partial charge in [0.25, 0.3) is 11.8 Å². The molecule has 0 unspecified atom stereocenters. The van der Waals surface area contributed by atoms with Crippen LogP contribution in [0.3, 0.4) is 0 Å². The number of hydrogen-bond donors (Lipinski definition) is 3. The van der Waals surface area contributed by atoms with Crippen LogP contribution in [0.1, 0.15) is 64.8 Å². The predicted molar refractivity (Wildman–Crippen MR) is 112 cm³/mol. The number of carbonyl (C=O) groups excluding carboxylic acids is 2. The summed E-state index contributed by atoms with van der Waals surface area (Å²) in [6, 6.07) is 5.53. The highest BCUT2D eigenvalue weighted by atomic mass is 16.2. The lowest BCUT2D eigenvalue weighted by Crippen LogP contribution is -2.30. The van der Waals surface area contributed by atoms with Crippen molar-refractivity contribution in [1.82, 2.24) is 25.6 Å². The molecule has 3 rings (SSSR count). The molecule has 0 spiro atoms. The molecule has 2 amide bonds. The fourth-order valence-corrected chi connectivity index (χ4v) is 3.47. The molecule has 1 aromatic carbocycles. The van der Waals surface area contributed by atoms with E-state index in [2.05, 4.69) is 26.3 Å². The van der Waals surface area contributed by atoms with Crippen LogP contribution in [0, 0.1) is 19.8 Å². The van der Waals surface area contributed by atoms with Crippen LogP contribution in [0.15, 0.2) is 18.2 Å². The number of carbonyl (C=O) groups is 2. The van der Waals surface area contributed by atoms with E-state index in [9.17, 15) is 9.59 Å². The highest BCUT2D eigenvalue weighted by Gasteiger charge is 2.23. The molecule has 0 radical (unpaired) electrons. The Labute approximate surface area is 171 Å². The molecule has 8 nitrogen and oxygen atoms in total. The van der Waals surface area contributed by atoms with Crippen LogP contribution in [0.25, 0.3) is 0 Å². The highest BCUT2D eigenvalue weighted by Crippen LogP contribution is 2.22. The zero-order valence-electron chi connectivity index (χ0n) is 17.6. The van der Waals surface area contributed by atoms with Crippen LogP contribution in [0.2, 0.25) is 0 Å². The summed E-state index contributed by atoms with van der Waals surface area (Å²) in [5, 5.41) is 17.5. The average Bonchev–Trinajstić information content (AvgIpc) is 3.09. The maximum absolute atomic E-state index is 12.8. The average molecular weight is 399 g/mol. The SMILES string of the molecule is Cc1cc(C(=O)NCC(C)C)ccc1NC(=O)c1nnn(C2CCNCC2)c1C. The first kappa shape index (κ1) is 21.0. The minimum absolute atomic E-state index is 0.111. The molecular weight excluding hydrogens is 368 g/mol. The van der Waals surface area contributed by atoms with E-state index in [0.717, 1.165) is 37.2 Å². The summed E-state index contributed by atoms with van der Waals surface area (Å²) in [6.07, 6.45) is 1.95. The molecule has 1 aromatic heterocycles. The lowest BCUT2D eigenvalue weighted by atomic mass is 10.1. The lowest BCUT2D eigenvalue weighted by molar-refractivity contribution is 0.0948. The van der Waals surface area contributed by atoms with Gasteiger partial charge in [-0.05, 0) is 69.5 Å². The summed E-state index contributed by atoms with van der Waals surface area (Å²) in [5.41, 5.74) is 3.16. The Hall–Kier alpha value is -2.74. The second kappa shape index (κ2) is 9.17. The van der Waals surface area contributed by atoms with Gasteiger partial charge in [0.2, 0.25) is 0 Å². The zero-order valence-corrected chi connectivity index (χ0v) is 17.6. The molecule has 3 N–H and O–H groups in total. The van der Waals surface area contributed by atoms with Crippen molar-refractivity contribution in [2.24, 2.45) is 5.92 Å². The van der Waals surface area contributed by atoms with Crippen molar-refractivity contribution in [3.05, 3.63) is 40.7 Å². The van der Waals surface area contributed by atoms with E-state index in [1.54, 1.807) is 18.2 Å². The van der Waals surface area contributed by atoms with Gasteiger partial charge in [-0.2, -0.15) is 0 Å². The maximum atomic E-state index is 12.8. The van der Waals surface area contributed by atoms with Crippen LogP contribution < -0.4 is 16.0 Å². The second-order valence-corrected chi connectivity index (χ2v) is 8.04. The molecular formula is C21H30N6O2. The van der Waals surface area contributed by atoms with Gasteiger partial charge in [0.15, 0.2) is 5.69 Å². The third-order valence-corrected chi connectivity index (χ3v) is 5.20. The number of nitrogens with zero attached hydrogens (tertiary/aromatic N) is 3. The number of hydrogen-bond acceptors (Lipinski definition) is 5. The van der Waals surface area contributed by atoms with E-state index in [4.69, 9.17) is 0 Å². The monoisotopic (exact) mass is 398 g/mol. The molecule has 0 bridgehead atoms. The van der Waals surface area contributed by atoms with Gasteiger partial charge in [0.1, 0.15) is 0 Å². The molecule has 1 aliphatic rings. The number of nitrogens with one attached hydrogen (secondary N) is 3. The van der Waals surface area contributed by atoms with Crippen LogP contribution in [-0.4, -0.2) is 46.4 Å². The third kappa shape index (κ3) is 5.00. The summed E-state index contributed by atoms with van der Waals surface area (Å²) in [7, 11) is 0. The largest absolute Gasteiger partial charge is 0.352 e. The smallest absolute Gasteiger partial charge is 0.278 e. The van der Waals surface area contributed by atoms with E-state index in [1.165, 1.54) is 0 Å². The molecule has 2 heterocycles. The van der Waals surface area contributed by atoms with Gasteiger partial charge in [-0.1, -0.05) is 19.1 Å².